The fourth-order valence-electron chi connectivity index (χ4n) is 6.99. The number of ketones is 1. The van der Waals surface area contributed by atoms with Crippen LogP contribution >= 0.6 is 0 Å². The molecule has 0 bridgehead atoms. The van der Waals surface area contributed by atoms with E-state index in [0.29, 0.717) is 41.6 Å². The Labute approximate surface area is 303 Å². The molecule has 52 heavy (non-hydrogen) atoms. The zero-order chi connectivity index (χ0) is 38.0. The van der Waals surface area contributed by atoms with Gasteiger partial charge in [-0.15, -0.1) is 0 Å². The van der Waals surface area contributed by atoms with Crippen molar-refractivity contribution in [1.82, 2.24) is 4.57 Å². The summed E-state index contributed by atoms with van der Waals surface area (Å²) in [4.78, 5) is 27.3. The number of benzene rings is 3. The molecule has 10 heteroatoms. The van der Waals surface area contributed by atoms with Crippen molar-refractivity contribution in [2.24, 2.45) is 0 Å². The average Bonchev–Trinajstić information content (AvgIpc) is 3.38. The molecule has 0 N–H and O–H groups in total. The predicted molar refractivity (Wildman–Crippen MR) is 192 cm³/mol. The number of carbonyl (C=O) groups is 2. The minimum absolute atomic E-state index is 0.0723. The maximum absolute atomic E-state index is 14.5. The van der Waals surface area contributed by atoms with Crippen molar-refractivity contribution in [3.8, 4) is 22.4 Å². The predicted octanol–water partition coefficient (Wildman–Crippen LogP) is 10.6. The van der Waals surface area contributed by atoms with Crippen molar-refractivity contribution in [2.75, 3.05) is 0 Å². The quantitative estimate of drug-likeness (QED) is 0.0876. The van der Waals surface area contributed by atoms with E-state index in [0.717, 1.165) is 29.1 Å². The maximum Gasteiger partial charge on any atom is 0.416 e. The number of ether oxygens (including phenoxy) is 3. The van der Waals surface area contributed by atoms with Crippen molar-refractivity contribution in [3.05, 3.63) is 107 Å². The molecule has 0 radical (unpaired) electrons. The van der Waals surface area contributed by atoms with Gasteiger partial charge in [-0.3, -0.25) is 9.59 Å². The highest BCUT2D eigenvalue weighted by Gasteiger charge is 2.38. The van der Waals surface area contributed by atoms with Gasteiger partial charge in [0.25, 0.3) is 0 Å². The highest BCUT2D eigenvalue weighted by atomic mass is 19.4. The molecule has 1 aliphatic rings. The van der Waals surface area contributed by atoms with Crippen molar-refractivity contribution < 1.29 is 41.4 Å². The van der Waals surface area contributed by atoms with Crippen LogP contribution in [0.5, 0.6) is 0 Å². The van der Waals surface area contributed by atoms with Gasteiger partial charge < -0.3 is 18.8 Å². The van der Waals surface area contributed by atoms with Crippen LogP contribution in [0.2, 0.25) is 0 Å². The van der Waals surface area contributed by atoms with Crippen LogP contribution in [0.3, 0.4) is 0 Å². The van der Waals surface area contributed by atoms with Gasteiger partial charge in [0.1, 0.15) is 11.4 Å². The molecule has 2 unspecified atom stereocenters. The second-order valence-electron chi connectivity index (χ2n) is 15.2. The molecule has 3 aromatic carbocycles. The number of hydrogen-bond acceptors (Lipinski definition) is 5. The van der Waals surface area contributed by atoms with Crippen LogP contribution in [0.15, 0.2) is 78.9 Å². The van der Waals surface area contributed by atoms with Crippen LogP contribution in [0.25, 0.3) is 22.4 Å². The Balaban J connectivity index is 1.59. The lowest BCUT2D eigenvalue weighted by Gasteiger charge is -2.41. The summed E-state index contributed by atoms with van der Waals surface area (Å²) < 4.78 is 74.4. The largest absolute Gasteiger partial charge is 0.460 e. The molecule has 0 saturated carbocycles. The van der Waals surface area contributed by atoms with Gasteiger partial charge in [-0.2, -0.15) is 13.2 Å². The highest BCUT2D eigenvalue weighted by molar-refractivity contribution is 6.08. The fraction of sp³-hybridized carbons (Fsp3) is 0.429. The van der Waals surface area contributed by atoms with Gasteiger partial charge in [-0.25, -0.2) is 4.39 Å². The lowest BCUT2D eigenvalue weighted by atomic mass is 9.90. The molecular formula is C42H47F4NO5. The third-order valence-corrected chi connectivity index (χ3v) is 8.87. The maximum atomic E-state index is 14.5. The zero-order valence-electron chi connectivity index (χ0n) is 30.8. The molecule has 1 aliphatic heterocycles. The molecule has 1 fully saturated rings. The molecule has 0 aliphatic carbocycles. The summed E-state index contributed by atoms with van der Waals surface area (Å²) in [6.07, 6.45) is -4.34. The smallest absolute Gasteiger partial charge is 0.416 e. The Bertz CT molecular complexity index is 1850. The van der Waals surface area contributed by atoms with Crippen molar-refractivity contribution in [1.29, 1.82) is 0 Å². The summed E-state index contributed by atoms with van der Waals surface area (Å²) in [5.74, 6) is -2.13. The molecule has 2 heterocycles. The van der Waals surface area contributed by atoms with Gasteiger partial charge in [0.2, 0.25) is 0 Å². The third kappa shape index (κ3) is 9.58. The highest BCUT2D eigenvalue weighted by Crippen LogP contribution is 2.43. The minimum Gasteiger partial charge on any atom is -0.460 e. The summed E-state index contributed by atoms with van der Waals surface area (Å²) in [6, 6.07) is 20.3. The molecule has 0 amide bonds. The molecule has 6 nitrogen and oxygen atoms in total. The molecular weight excluding hydrogens is 674 g/mol. The molecule has 0 spiro atoms. The SMILES string of the molecule is CC(C)c1c(C(=O)Cc2ccc(C(F)(F)F)cc2)c(-c2ccccc2)c(-c2ccc(F)cc2)n1CCC1CC(CC(=O)OC(C)(C)C)OC(C)(C)O1. The zero-order valence-corrected chi connectivity index (χ0v) is 30.8. The normalized spacial score (nSPS) is 17.7. The van der Waals surface area contributed by atoms with E-state index in [1.165, 1.54) is 24.3 Å². The Morgan fingerprint density at radius 1 is 0.885 bits per heavy atom. The lowest BCUT2D eigenvalue weighted by molar-refractivity contribution is -0.301. The molecule has 2 atom stereocenters. The van der Waals surface area contributed by atoms with Crippen LogP contribution in [-0.2, 0) is 38.1 Å². The number of esters is 1. The van der Waals surface area contributed by atoms with E-state index in [1.54, 1.807) is 12.1 Å². The number of halogens is 4. The van der Waals surface area contributed by atoms with Crippen molar-refractivity contribution in [3.63, 3.8) is 0 Å². The first-order valence-electron chi connectivity index (χ1n) is 17.7. The first-order chi connectivity index (χ1) is 24.3. The lowest BCUT2D eigenvalue weighted by Crippen LogP contribution is -2.46. The number of rotatable bonds is 11. The van der Waals surface area contributed by atoms with E-state index in [9.17, 15) is 27.2 Å². The van der Waals surface area contributed by atoms with Gasteiger partial charge in [0.05, 0.1) is 29.9 Å². The second kappa shape index (κ2) is 15.4. The Morgan fingerprint density at radius 3 is 2.08 bits per heavy atom. The Morgan fingerprint density at radius 2 is 1.50 bits per heavy atom. The first kappa shape index (κ1) is 38.9. The topological polar surface area (TPSA) is 66.8 Å². The molecule has 5 rings (SSSR count). The van der Waals surface area contributed by atoms with Crippen LogP contribution < -0.4 is 0 Å². The number of hydrogen-bond donors (Lipinski definition) is 0. The summed E-state index contributed by atoms with van der Waals surface area (Å²) in [6.45, 7) is 13.5. The number of aromatic nitrogens is 1. The van der Waals surface area contributed by atoms with Gasteiger partial charge in [0.15, 0.2) is 11.6 Å². The number of alkyl halides is 3. The van der Waals surface area contributed by atoms with E-state index < -0.39 is 35.0 Å². The Kier molecular flexibility index (Phi) is 11.5. The van der Waals surface area contributed by atoms with E-state index in [2.05, 4.69) is 4.57 Å². The van der Waals surface area contributed by atoms with E-state index in [4.69, 9.17) is 14.2 Å². The second-order valence-corrected chi connectivity index (χ2v) is 15.2. The summed E-state index contributed by atoms with van der Waals surface area (Å²) in [5.41, 5.74) is 3.14. The summed E-state index contributed by atoms with van der Waals surface area (Å²) in [5, 5.41) is 0. The van der Waals surface area contributed by atoms with E-state index >= 15 is 0 Å². The summed E-state index contributed by atoms with van der Waals surface area (Å²) >= 11 is 0. The summed E-state index contributed by atoms with van der Waals surface area (Å²) in [7, 11) is 0. The molecule has 278 valence electrons. The van der Waals surface area contributed by atoms with Crippen LogP contribution in [0.4, 0.5) is 17.6 Å². The average molecular weight is 722 g/mol. The number of carbonyl (C=O) groups excluding carboxylic acids is 2. The first-order valence-corrected chi connectivity index (χ1v) is 17.7. The number of nitrogens with zero attached hydrogens (tertiary/aromatic N) is 1. The molecule has 1 saturated heterocycles. The molecule has 1 aromatic heterocycles. The monoisotopic (exact) mass is 721 g/mol. The Hall–Kier alpha value is -4.28. The number of Topliss-reactive ketones (excluding diaryl/α,β-unsaturated/α-hetero) is 1. The van der Waals surface area contributed by atoms with Crippen molar-refractivity contribution in [2.45, 2.75) is 116 Å². The standard InChI is InChI=1S/C42H47F4NO5/c1-26(2)38-37(34(48)23-27-13-17-30(18-14-27)42(44,45)46)36(28-11-9-8-10-12-28)39(29-15-19-31(43)20-16-29)47(38)22-21-32-24-33(51-41(6,7)50-32)25-35(49)52-40(3,4)5/h8-20,26,32-33H,21-25H2,1-7H3. The molecule has 4 aromatic rings. The van der Waals surface area contributed by atoms with Crippen LogP contribution in [0.1, 0.15) is 101 Å². The van der Waals surface area contributed by atoms with Gasteiger partial charge in [-0.05, 0) is 100 Å². The van der Waals surface area contributed by atoms with Crippen molar-refractivity contribution >= 4 is 11.8 Å². The van der Waals surface area contributed by atoms with E-state index in [-0.39, 0.29) is 36.6 Å². The van der Waals surface area contributed by atoms with Crippen LogP contribution in [-0.4, -0.2) is 39.9 Å². The van der Waals surface area contributed by atoms with E-state index in [1.807, 2.05) is 78.8 Å². The fourth-order valence-corrected chi connectivity index (χ4v) is 6.99. The van der Waals surface area contributed by atoms with Crippen LogP contribution in [0, 0.1) is 5.82 Å². The third-order valence-electron chi connectivity index (χ3n) is 8.87. The minimum atomic E-state index is -4.49. The van der Waals surface area contributed by atoms with Gasteiger partial charge in [-0.1, -0.05) is 56.3 Å². The van der Waals surface area contributed by atoms with Gasteiger partial charge in [0, 0.05) is 36.2 Å². The van der Waals surface area contributed by atoms with Gasteiger partial charge >= 0.3 is 12.1 Å².